The van der Waals surface area contributed by atoms with Crippen molar-refractivity contribution in [3.05, 3.63) is 72.8 Å². The Kier molecular flexibility index (Phi) is 6.31. The topological polar surface area (TPSA) is 95.5 Å². The number of nitrogens with one attached hydrogen (secondary N) is 1. The average molecular weight is 410 g/mol. The van der Waals surface area contributed by atoms with Gasteiger partial charge in [-0.2, -0.15) is 0 Å². The number of hydrogen-bond donors (Lipinski definition) is 1. The highest BCUT2D eigenvalue weighted by molar-refractivity contribution is 7.85. The van der Waals surface area contributed by atoms with Crippen LogP contribution in [-0.4, -0.2) is 25.5 Å². The van der Waals surface area contributed by atoms with E-state index in [-0.39, 0.29) is 17.3 Å². The van der Waals surface area contributed by atoms with E-state index >= 15 is 0 Å². The maximum Gasteiger partial charge on any atom is 0.311 e. The van der Waals surface area contributed by atoms with Gasteiger partial charge in [-0.1, -0.05) is 36.9 Å². The maximum atomic E-state index is 11.9. The third-order valence-corrected chi connectivity index (χ3v) is 5.17. The minimum absolute atomic E-state index is 0.247. The molecule has 0 unspecified atom stereocenters. The molecule has 0 atom stereocenters. The number of anilines is 1. The van der Waals surface area contributed by atoms with Crippen molar-refractivity contribution in [3.63, 3.8) is 0 Å². The normalized spacial score (nSPS) is 11.2. The number of benzene rings is 3. The summed E-state index contributed by atoms with van der Waals surface area (Å²) in [6, 6.07) is 16.8. The molecule has 150 valence electrons. The molecule has 0 aromatic heterocycles. The Morgan fingerprint density at radius 3 is 2.41 bits per heavy atom. The molecular weight excluding hydrogens is 390 g/mol. The quantitative estimate of drug-likeness (QED) is 0.259. The smallest absolute Gasteiger partial charge is 0.311 e. The van der Waals surface area contributed by atoms with Crippen LogP contribution in [0.25, 0.3) is 16.8 Å². The molecular formula is C22H20NO5S-. The van der Waals surface area contributed by atoms with Crippen LogP contribution >= 0.6 is 0 Å². The molecule has 0 radical (unpaired) electrons. The second kappa shape index (κ2) is 8.89. The zero-order valence-corrected chi connectivity index (χ0v) is 16.4. The Morgan fingerprint density at radius 1 is 1.03 bits per heavy atom. The van der Waals surface area contributed by atoms with Crippen molar-refractivity contribution in [2.24, 2.45) is 0 Å². The molecule has 3 rings (SSSR count). The predicted molar refractivity (Wildman–Crippen MR) is 112 cm³/mol. The number of hydrogen-bond acceptors (Lipinski definition) is 6. The first-order valence-electron chi connectivity index (χ1n) is 9.02. The van der Waals surface area contributed by atoms with E-state index in [1.807, 2.05) is 18.2 Å². The number of fused-ring (bicyclic) bond motifs is 1. The highest BCUT2D eigenvalue weighted by Gasteiger charge is 2.06. The summed E-state index contributed by atoms with van der Waals surface area (Å²) >= 11 is 0. The lowest BCUT2D eigenvalue weighted by atomic mass is 10.1. The molecule has 3 aromatic carbocycles. The Labute approximate surface area is 169 Å². The van der Waals surface area contributed by atoms with Crippen molar-refractivity contribution in [2.45, 2.75) is 17.7 Å². The van der Waals surface area contributed by atoms with Gasteiger partial charge in [-0.3, -0.25) is 4.79 Å². The zero-order valence-electron chi connectivity index (χ0n) is 15.6. The van der Waals surface area contributed by atoms with Crippen molar-refractivity contribution < 1.29 is 22.5 Å². The molecule has 7 heteroatoms. The molecule has 0 bridgehead atoms. The molecule has 0 saturated heterocycles. The van der Waals surface area contributed by atoms with Crippen molar-refractivity contribution in [2.75, 3.05) is 11.9 Å². The first-order valence-corrected chi connectivity index (χ1v) is 10.4. The fourth-order valence-corrected chi connectivity index (χ4v) is 3.32. The minimum Gasteiger partial charge on any atom is -0.744 e. The Balaban J connectivity index is 1.50. The molecule has 0 heterocycles. The highest BCUT2D eigenvalue weighted by atomic mass is 32.2. The molecule has 0 fully saturated rings. The van der Waals surface area contributed by atoms with Crippen LogP contribution in [0.3, 0.4) is 0 Å². The SMILES string of the molecule is C=Cc1ccc(OC(=O)CCCNc2ccc3cc(S(=O)(=O)[O-])ccc3c2)cc1. The van der Waals surface area contributed by atoms with Crippen LogP contribution in [0.4, 0.5) is 5.69 Å². The van der Waals surface area contributed by atoms with Gasteiger partial charge in [0.1, 0.15) is 15.9 Å². The lowest BCUT2D eigenvalue weighted by Gasteiger charge is -2.10. The van der Waals surface area contributed by atoms with Gasteiger partial charge < -0.3 is 14.6 Å². The van der Waals surface area contributed by atoms with Crippen LogP contribution in [0.2, 0.25) is 0 Å². The van der Waals surface area contributed by atoms with Gasteiger partial charge in [0.25, 0.3) is 0 Å². The predicted octanol–water partition coefficient (Wildman–Crippen LogP) is 4.18. The number of carbonyl (C=O) groups is 1. The van der Waals surface area contributed by atoms with Crippen molar-refractivity contribution in [3.8, 4) is 5.75 Å². The van der Waals surface area contributed by atoms with E-state index in [1.165, 1.54) is 12.1 Å². The van der Waals surface area contributed by atoms with Crippen LogP contribution in [0, 0.1) is 0 Å². The monoisotopic (exact) mass is 410 g/mol. The summed E-state index contributed by atoms with van der Waals surface area (Å²) < 4.78 is 38.6. The van der Waals surface area contributed by atoms with E-state index < -0.39 is 10.1 Å². The summed E-state index contributed by atoms with van der Waals surface area (Å²) in [6.45, 7) is 4.25. The summed E-state index contributed by atoms with van der Waals surface area (Å²) in [7, 11) is -4.47. The second-order valence-corrected chi connectivity index (χ2v) is 7.84. The summed E-state index contributed by atoms with van der Waals surface area (Å²) in [5, 5.41) is 4.69. The van der Waals surface area contributed by atoms with E-state index in [0.717, 1.165) is 16.6 Å². The molecule has 29 heavy (non-hydrogen) atoms. The lowest BCUT2D eigenvalue weighted by Crippen LogP contribution is -2.10. The van der Waals surface area contributed by atoms with E-state index in [2.05, 4.69) is 11.9 Å². The Morgan fingerprint density at radius 2 is 1.72 bits per heavy atom. The maximum absolute atomic E-state index is 11.9. The first-order chi connectivity index (χ1) is 13.8. The third-order valence-electron chi connectivity index (χ3n) is 4.33. The largest absolute Gasteiger partial charge is 0.744 e. The number of rotatable bonds is 8. The van der Waals surface area contributed by atoms with Gasteiger partial charge in [0.05, 0.1) is 4.90 Å². The standard InChI is InChI=1S/C22H21NO5S/c1-2-16-5-10-20(11-6-16)28-22(24)4-3-13-23-19-9-7-18-15-21(29(25,26)27)12-8-17(18)14-19/h2,5-12,14-15,23H,1,3-4,13H2,(H,25,26,27)/p-1. The van der Waals surface area contributed by atoms with Gasteiger partial charge in [0.15, 0.2) is 0 Å². The van der Waals surface area contributed by atoms with Crippen molar-refractivity contribution in [1.29, 1.82) is 0 Å². The van der Waals surface area contributed by atoms with Crippen LogP contribution in [0.1, 0.15) is 18.4 Å². The van der Waals surface area contributed by atoms with E-state index in [0.29, 0.717) is 24.1 Å². The number of ether oxygens (including phenoxy) is 1. The molecule has 0 aliphatic rings. The Hall–Kier alpha value is -3.16. The van der Waals surface area contributed by atoms with Crippen molar-refractivity contribution in [1.82, 2.24) is 0 Å². The van der Waals surface area contributed by atoms with E-state index in [1.54, 1.807) is 36.4 Å². The third kappa shape index (κ3) is 5.66. The van der Waals surface area contributed by atoms with Gasteiger partial charge in [0.2, 0.25) is 0 Å². The van der Waals surface area contributed by atoms with Crippen LogP contribution in [0.5, 0.6) is 5.75 Å². The van der Waals surface area contributed by atoms with Crippen molar-refractivity contribution >= 4 is 38.6 Å². The fraction of sp³-hybridized carbons (Fsp3) is 0.136. The molecule has 6 nitrogen and oxygen atoms in total. The molecule has 3 aromatic rings. The summed E-state index contributed by atoms with van der Waals surface area (Å²) in [6.07, 6.45) is 2.58. The first kappa shape index (κ1) is 20.6. The van der Waals surface area contributed by atoms with E-state index in [9.17, 15) is 17.8 Å². The summed E-state index contributed by atoms with van der Waals surface area (Å²) in [5.74, 6) is 0.200. The van der Waals surface area contributed by atoms with E-state index in [4.69, 9.17) is 4.74 Å². The second-order valence-electron chi connectivity index (χ2n) is 6.46. The molecule has 0 aliphatic carbocycles. The van der Waals surface area contributed by atoms with Crippen LogP contribution in [-0.2, 0) is 14.9 Å². The average Bonchev–Trinajstić information content (AvgIpc) is 2.70. The van der Waals surface area contributed by atoms with Gasteiger partial charge in [-0.15, -0.1) is 0 Å². The molecule has 0 saturated carbocycles. The van der Waals surface area contributed by atoms with Gasteiger partial charge in [0, 0.05) is 18.7 Å². The molecule has 0 spiro atoms. The van der Waals surface area contributed by atoms with Gasteiger partial charge >= 0.3 is 5.97 Å². The highest BCUT2D eigenvalue weighted by Crippen LogP contribution is 2.22. The van der Waals surface area contributed by atoms with Gasteiger partial charge in [-0.05, 0) is 59.2 Å². The zero-order chi connectivity index (χ0) is 20.9. The fourth-order valence-electron chi connectivity index (χ4n) is 2.81. The lowest BCUT2D eigenvalue weighted by molar-refractivity contribution is -0.134. The summed E-state index contributed by atoms with van der Waals surface area (Å²) in [5.41, 5.74) is 1.79. The number of esters is 1. The molecule has 1 N–H and O–H groups in total. The number of carbonyl (C=O) groups excluding carboxylic acids is 1. The molecule has 0 amide bonds. The van der Waals surface area contributed by atoms with Gasteiger partial charge in [-0.25, -0.2) is 8.42 Å². The molecule has 0 aliphatic heterocycles. The summed E-state index contributed by atoms with van der Waals surface area (Å²) in [4.78, 5) is 11.7. The van der Waals surface area contributed by atoms with Crippen LogP contribution in [0.15, 0.2) is 72.1 Å². The van der Waals surface area contributed by atoms with Crippen LogP contribution < -0.4 is 10.1 Å². The Bertz CT molecular complexity index is 1140. The minimum atomic E-state index is -4.47.